The Morgan fingerprint density at radius 3 is 2.38 bits per heavy atom. The molecule has 0 aliphatic carbocycles. The molecule has 1 amide bonds. The number of aliphatic hydroxyl groups excluding tert-OH is 3. The smallest absolute Gasteiger partial charge is 0.372 e. The first-order valence-electron chi connectivity index (χ1n) is 8.87. The van der Waals surface area contributed by atoms with Crippen LogP contribution in [0, 0.1) is 0 Å². The van der Waals surface area contributed by atoms with Crippen LogP contribution in [0.25, 0.3) is 0 Å². The number of ether oxygens (including phenoxy) is 1. The fourth-order valence-corrected chi connectivity index (χ4v) is 3.20. The highest BCUT2D eigenvalue weighted by molar-refractivity contribution is 5.77. The molecule has 2 rings (SSSR count). The quantitative estimate of drug-likeness (QED) is 0.310. The Morgan fingerprint density at radius 1 is 1.24 bits per heavy atom. The van der Waals surface area contributed by atoms with Crippen LogP contribution in [0.5, 0.6) is 0 Å². The standard InChI is InChI=1S/C18H24F2N2O7/c1-9(24)22-12-13(21-7-10-5-3-2-4-6-10)16(19)18(20,17(27)28)29-15(12)14(26)11(25)8-23/h2-6,11-16,21,23,25-26H,7-8H2,1H3,(H,22,24)(H,27,28)/t11-,12-,13?,14-,15?,16?,18-/m1/s1. The summed E-state index contributed by atoms with van der Waals surface area (Å²) in [7, 11) is 0. The van der Waals surface area contributed by atoms with Gasteiger partial charge in [-0.1, -0.05) is 30.3 Å². The van der Waals surface area contributed by atoms with Crippen LogP contribution in [0.3, 0.4) is 0 Å². The van der Waals surface area contributed by atoms with Crippen LogP contribution in [0.2, 0.25) is 0 Å². The fourth-order valence-electron chi connectivity index (χ4n) is 3.20. The van der Waals surface area contributed by atoms with Crippen LogP contribution in [-0.2, 0) is 20.9 Å². The van der Waals surface area contributed by atoms with Crippen molar-refractivity contribution in [1.82, 2.24) is 10.6 Å². The maximum atomic E-state index is 15.0. The van der Waals surface area contributed by atoms with E-state index in [9.17, 15) is 33.7 Å². The van der Waals surface area contributed by atoms with Gasteiger partial charge in [0.2, 0.25) is 5.91 Å². The summed E-state index contributed by atoms with van der Waals surface area (Å²) in [5.41, 5.74) is 0.667. The molecule has 9 nitrogen and oxygen atoms in total. The predicted molar refractivity (Wildman–Crippen MR) is 95.0 cm³/mol. The zero-order valence-electron chi connectivity index (χ0n) is 15.5. The molecule has 7 atom stereocenters. The van der Waals surface area contributed by atoms with E-state index < -0.39 is 60.9 Å². The van der Waals surface area contributed by atoms with Crippen molar-refractivity contribution in [2.45, 2.75) is 55.9 Å². The van der Waals surface area contributed by atoms with Gasteiger partial charge in [-0.05, 0) is 5.56 Å². The average molecular weight is 418 g/mol. The number of carboxylic acids is 1. The van der Waals surface area contributed by atoms with Crippen molar-refractivity contribution in [2.24, 2.45) is 0 Å². The van der Waals surface area contributed by atoms with E-state index in [1.807, 2.05) is 0 Å². The number of nitrogens with one attached hydrogen (secondary N) is 2. The summed E-state index contributed by atoms with van der Waals surface area (Å²) >= 11 is 0. The summed E-state index contributed by atoms with van der Waals surface area (Å²) < 4.78 is 34.6. The van der Waals surface area contributed by atoms with Gasteiger partial charge < -0.3 is 35.8 Å². The van der Waals surface area contributed by atoms with Crippen molar-refractivity contribution in [2.75, 3.05) is 6.61 Å². The number of benzene rings is 1. The van der Waals surface area contributed by atoms with E-state index in [0.717, 1.165) is 6.92 Å². The third kappa shape index (κ3) is 5.06. The number of rotatable bonds is 8. The molecule has 1 aliphatic rings. The zero-order chi connectivity index (χ0) is 21.8. The summed E-state index contributed by atoms with van der Waals surface area (Å²) in [6.07, 6.45) is -8.50. The molecule has 1 aromatic carbocycles. The fraction of sp³-hybridized carbons (Fsp3) is 0.556. The van der Waals surface area contributed by atoms with Gasteiger partial charge in [-0.2, -0.15) is 4.39 Å². The first kappa shape index (κ1) is 23.1. The van der Waals surface area contributed by atoms with Crippen molar-refractivity contribution in [1.29, 1.82) is 0 Å². The second-order valence-corrected chi connectivity index (χ2v) is 6.79. The number of hydrogen-bond acceptors (Lipinski definition) is 7. The molecule has 1 saturated heterocycles. The van der Waals surface area contributed by atoms with Crippen LogP contribution in [0.4, 0.5) is 8.78 Å². The second-order valence-electron chi connectivity index (χ2n) is 6.79. The zero-order valence-corrected chi connectivity index (χ0v) is 15.5. The summed E-state index contributed by atoms with van der Waals surface area (Å²) in [6, 6.07) is 5.45. The van der Waals surface area contributed by atoms with Crippen LogP contribution in [0.1, 0.15) is 12.5 Å². The summed E-state index contributed by atoms with van der Waals surface area (Å²) in [5, 5.41) is 43.2. The van der Waals surface area contributed by atoms with E-state index in [0.29, 0.717) is 5.56 Å². The lowest BCUT2D eigenvalue weighted by Crippen LogP contribution is -2.74. The number of carboxylic acid groups (broad SMARTS) is 1. The number of halogens is 2. The minimum Gasteiger partial charge on any atom is -0.477 e. The SMILES string of the molecule is CC(=O)N[C@@H]1C(NCc2ccccc2)C(F)[C@](F)(C(=O)O)OC1[C@H](O)[C@H](O)CO. The Kier molecular flexibility index (Phi) is 7.60. The van der Waals surface area contributed by atoms with Gasteiger partial charge in [-0.15, -0.1) is 0 Å². The first-order valence-corrected chi connectivity index (χ1v) is 8.87. The highest BCUT2D eigenvalue weighted by atomic mass is 19.2. The molecule has 0 spiro atoms. The van der Waals surface area contributed by atoms with Gasteiger partial charge in [-0.25, -0.2) is 9.18 Å². The lowest BCUT2D eigenvalue weighted by molar-refractivity contribution is -0.278. The Bertz CT molecular complexity index is 711. The van der Waals surface area contributed by atoms with Crippen LogP contribution >= 0.6 is 0 Å². The van der Waals surface area contributed by atoms with Gasteiger partial charge >= 0.3 is 11.8 Å². The molecular weight excluding hydrogens is 394 g/mol. The van der Waals surface area contributed by atoms with E-state index >= 15 is 0 Å². The number of hydrogen-bond donors (Lipinski definition) is 6. The molecule has 0 saturated carbocycles. The topological polar surface area (TPSA) is 148 Å². The third-order valence-electron chi connectivity index (χ3n) is 4.68. The average Bonchev–Trinajstić information content (AvgIpc) is 2.69. The predicted octanol–water partition coefficient (Wildman–Crippen LogP) is -1.15. The van der Waals surface area contributed by atoms with Gasteiger partial charge in [0.1, 0.15) is 18.3 Å². The molecule has 0 aromatic heterocycles. The number of amides is 1. The normalized spacial score (nSPS) is 31.7. The molecule has 6 N–H and O–H groups in total. The summed E-state index contributed by atoms with van der Waals surface area (Å²) in [6.45, 7) is 0.117. The molecule has 0 bridgehead atoms. The Balaban J connectivity index is 2.41. The van der Waals surface area contributed by atoms with Crippen molar-refractivity contribution in [3.05, 3.63) is 35.9 Å². The number of alkyl halides is 2. The van der Waals surface area contributed by atoms with Gasteiger partial charge in [0.25, 0.3) is 0 Å². The number of aliphatic carboxylic acids is 1. The molecule has 0 radical (unpaired) electrons. The van der Waals surface area contributed by atoms with Gasteiger partial charge in [-0.3, -0.25) is 4.79 Å². The van der Waals surface area contributed by atoms with Crippen LogP contribution in [-0.4, -0.2) is 81.3 Å². The van der Waals surface area contributed by atoms with Crippen molar-refractivity contribution in [3.8, 4) is 0 Å². The maximum absolute atomic E-state index is 15.0. The maximum Gasteiger partial charge on any atom is 0.372 e. The largest absolute Gasteiger partial charge is 0.477 e. The van der Waals surface area contributed by atoms with Crippen molar-refractivity contribution < 1.29 is 43.5 Å². The molecule has 11 heteroatoms. The molecule has 1 aromatic rings. The van der Waals surface area contributed by atoms with Gasteiger partial charge in [0, 0.05) is 13.5 Å². The van der Waals surface area contributed by atoms with Crippen molar-refractivity contribution >= 4 is 11.9 Å². The van der Waals surface area contributed by atoms with E-state index in [1.54, 1.807) is 30.3 Å². The first-order chi connectivity index (χ1) is 13.6. The second kappa shape index (κ2) is 9.55. The summed E-state index contributed by atoms with van der Waals surface area (Å²) in [4.78, 5) is 23.0. The molecule has 3 unspecified atom stereocenters. The number of aliphatic hydroxyl groups is 3. The summed E-state index contributed by atoms with van der Waals surface area (Å²) in [5.74, 6) is -6.81. The number of carbonyl (C=O) groups is 2. The van der Waals surface area contributed by atoms with Crippen molar-refractivity contribution in [3.63, 3.8) is 0 Å². The third-order valence-corrected chi connectivity index (χ3v) is 4.68. The van der Waals surface area contributed by atoms with Crippen LogP contribution in [0.15, 0.2) is 30.3 Å². The van der Waals surface area contributed by atoms with E-state index in [1.165, 1.54) is 0 Å². The highest BCUT2D eigenvalue weighted by Crippen LogP contribution is 2.36. The lowest BCUT2D eigenvalue weighted by Gasteiger charge is -2.47. The Hall–Kier alpha value is -2.18. The minimum atomic E-state index is -3.86. The van der Waals surface area contributed by atoms with E-state index in [4.69, 9.17) is 9.84 Å². The lowest BCUT2D eigenvalue weighted by atomic mass is 9.85. The molecule has 1 heterocycles. The van der Waals surface area contributed by atoms with Gasteiger partial charge in [0.15, 0.2) is 6.17 Å². The van der Waals surface area contributed by atoms with E-state index in [2.05, 4.69) is 10.6 Å². The Labute approximate surface area is 165 Å². The van der Waals surface area contributed by atoms with Gasteiger partial charge in [0.05, 0.1) is 18.7 Å². The molecule has 1 fully saturated rings. The number of carbonyl (C=O) groups excluding carboxylic acids is 1. The molecule has 29 heavy (non-hydrogen) atoms. The monoisotopic (exact) mass is 418 g/mol. The molecule has 162 valence electrons. The van der Waals surface area contributed by atoms with Crippen LogP contribution < -0.4 is 10.6 Å². The molecular formula is C18H24F2N2O7. The molecule has 1 aliphatic heterocycles. The Morgan fingerprint density at radius 2 is 1.86 bits per heavy atom. The minimum absolute atomic E-state index is 0.0108. The highest BCUT2D eigenvalue weighted by Gasteiger charge is 2.62. The van der Waals surface area contributed by atoms with E-state index in [-0.39, 0.29) is 6.54 Å².